The summed E-state index contributed by atoms with van der Waals surface area (Å²) in [6, 6.07) is 2.81. The molecule has 0 aliphatic heterocycles. The molecule has 1 atom stereocenters. The third-order valence-corrected chi connectivity index (χ3v) is 4.68. The Morgan fingerprint density at radius 3 is 2.61 bits per heavy atom. The van der Waals surface area contributed by atoms with Gasteiger partial charge in [-0.25, -0.2) is 0 Å². The molecular weight excluding hydrogens is 308 g/mol. The van der Waals surface area contributed by atoms with Crippen molar-refractivity contribution < 1.29 is 0 Å². The SMILES string of the molecule is CC(CCNC(C)(C)C)N(C)Cc1cc(Br)cs1. The number of nitrogens with one attached hydrogen (secondary N) is 1. The number of hydrogen-bond acceptors (Lipinski definition) is 3. The van der Waals surface area contributed by atoms with E-state index in [4.69, 9.17) is 0 Å². The maximum Gasteiger partial charge on any atom is 0.0328 e. The van der Waals surface area contributed by atoms with Gasteiger partial charge in [0.15, 0.2) is 0 Å². The van der Waals surface area contributed by atoms with Gasteiger partial charge < -0.3 is 5.32 Å². The zero-order valence-corrected chi connectivity index (χ0v) is 14.5. The van der Waals surface area contributed by atoms with Gasteiger partial charge in [0.25, 0.3) is 0 Å². The van der Waals surface area contributed by atoms with Crippen molar-refractivity contribution in [2.75, 3.05) is 13.6 Å². The third kappa shape index (κ3) is 6.32. The largest absolute Gasteiger partial charge is 0.312 e. The van der Waals surface area contributed by atoms with Crippen LogP contribution in [0, 0.1) is 0 Å². The van der Waals surface area contributed by atoms with Crippen LogP contribution in [0.1, 0.15) is 39.0 Å². The molecule has 1 N–H and O–H groups in total. The lowest BCUT2D eigenvalue weighted by Gasteiger charge is -2.26. The van der Waals surface area contributed by atoms with Crippen molar-refractivity contribution in [1.29, 1.82) is 0 Å². The maximum absolute atomic E-state index is 3.54. The van der Waals surface area contributed by atoms with E-state index in [1.54, 1.807) is 0 Å². The monoisotopic (exact) mass is 332 g/mol. The molecular formula is C14H25BrN2S. The van der Waals surface area contributed by atoms with E-state index in [1.807, 2.05) is 11.3 Å². The summed E-state index contributed by atoms with van der Waals surface area (Å²) in [4.78, 5) is 3.84. The molecule has 0 saturated carbocycles. The Morgan fingerprint density at radius 2 is 2.11 bits per heavy atom. The lowest BCUT2D eigenvalue weighted by molar-refractivity contribution is 0.233. The quantitative estimate of drug-likeness (QED) is 0.843. The van der Waals surface area contributed by atoms with Gasteiger partial charge >= 0.3 is 0 Å². The van der Waals surface area contributed by atoms with E-state index in [2.05, 4.69) is 72.3 Å². The first-order valence-electron chi connectivity index (χ1n) is 6.46. The van der Waals surface area contributed by atoms with Crippen LogP contribution in [0.2, 0.25) is 0 Å². The van der Waals surface area contributed by atoms with E-state index in [1.165, 1.54) is 15.8 Å². The summed E-state index contributed by atoms with van der Waals surface area (Å²) >= 11 is 5.32. The summed E-state index contributed by atoms with van der Waals surface area (Å²) < 4.78 is 1.19. The fraction of sp³-hybridized carbons (Fsp3) is 0.714. The standard InChI is InChI=1S/C14H25BrN2S/c1-11(6-7-16-14(2,3)4)17(5)9-13-8-12(15)10-18-13/h8,10-11,16H,6-7,9H2,1-5H3. The Kier molecular flexibility index (Phi) is 6.31. The second-order valence-electron chi connectivity index (χ2n) is 5.96. The molecule has 18 heavy (non-hydrogen) atoms. The predicted octanol–water partition coefficient (Wildman–Crippen LogP) is 4.11. The predicted molar refractivity (Wildman–Crippen MR) is 85.3 cm³/mol. The van der Waals surface area contributed by atoms with E-state index < -0.39 is 0 Å². The normalized spacial score (nSPS) is 14.2. The van der Waals surface area contributed by atoms with E-state index in [0.717, 1.165) is 13.1 Å². The molecule has 0 aliphatic carbocycles. The minimum absolute atomic E-state index is 0.219. The Bertz CT molecular complexity index is 357. The summed E-state index contributed by atoms with van der Waals surface area (Å²) in [5, 5.41) is 5.69. The molecule has 0 aliphatic rings. The van der Waals surface area contributed by atoms with Crippen molar-refractivity contribution >= 4 is 27.3 Å². The van der Waals surface area contributed by atoms with Gasteiger partial charge in [-0.1, -0.05) is 0 Å². The first-order valence-corrected chi connectivity index (χ1v) is 8.13. The maximum atomic E-state index is 3.54. The first-order chi connectivity index (χ1) is 8.28. The first kappa shape index (κ1) is 16.2. The van der Waals surface area contributed by atoms with Gasteiger partial charge in [-0.05, 0) is 69.7 Å². The molecule has 0 bridgehead atoms. The van der Waals surface area contributed by atoms with E-state index >= 15 is 0 Å². The molecule has 0 saturated heterocycles. The van der Waals surface area contributed by atoms with E-state index in [-0.39, 0.29) is 5.54 Å². The van der Waals surface area contributed by atoms with Crippen LogP contribution in [0.4, 0.5) is 0 Å². The van der Waals surface area contributed by atoms with Crippen LogP contribution in [0.25, 0.3) is 0 Å². The lowest BCUT2D eigenvalue weighted by Crippen LogP contribution is -2.39. The fourth-order valence-electron chi connectivity index (χ4n) is 1.71. The average Bonchev–Trinajstić information content (AvgIpc) is 2.61. The summed E-state index contributed by atoms with van der Waals surface area (Å²) in [5.41, 5.74) is 0.219. The van der Waals surface area contributed by atoms with Gasteiger partial charge in [0.1, 0.15) is 0 Å². The minimum atomic E-state index is 0.219. The zero-order valence-electron chi connectivity index (χ0n) is 12.1. The van der Waals surface area contributed by atoms with Crippen LogP contribution in [-0.2, 0) is 6.54 Å². The van der Waals surface area contributed by atoms with Gasteiger partial charge in [0.2, 0.25) is 0 Å². The molecule has 1 aromatic rings. The molecule has 1 heterocycles. The van der Waals surface area contributed by atoms with Crippen molar-refractivity contribution in [3.8, 4) is 0 Å². The Hall–Kier alpha value is 0.1000. The van der Waals surface area contributed by atoms with Crippen molar-refractivity contribution in [2.24, 2.45) is 0 Å². The molecule has 0 aromatic carbocycles. The van der Waals surface area contributed by atoms with E-state index in [9.17, 15) is 0 Å². The highest BCUT2D eigenvalue weighted by Crippen LogP contribution is 2.21. The lowest BCUT2D eigenvalue weighted by atomic mass is 10.1. The van der Waals surface area contributed by atoms with Crippen LogP contribution in [0.5, 0.6) is 0 Å². The van der Waals surface area contributed by atoms with Crippen LogP contribution in [-0.4, -0.2) is 30.1 Å². The van der Waals surface area contributed by atoms with Crippen LogP contribution in [0.15, 0.2) is 15.9 Å². The summed E-state index contributed by atoms with van der Waals surface area (Å²) in [5.74, 6) is 0. The number of thiophene rings is 1. The number of rotatable bonds is 6. The highest BCUT2D eigenvalue weighted by Gasteiger charge is 2.13. The van der Waals surface area contributed by atoms with Gasteiger partial charge in [-0.3, -0.25) is 4.90 Å². The van der Waals surface area contributed by atoms with Gasteiger partial charge in [0.05, 0.1) is 0 Å². The van der Waals surface area contributed by atoms with Crippen LogP contribution in [0.3, 0.4) is 0 Å². The Balaban J connectivity index is 2.30. The molecule has 104 valence electrons. The molecule has 0 spiro atoms. The van der Waals surface area contributed by atoms with Gasteiger partial charge in [0, 0.05) is 32.9 Å². The number of hydrogen-bond donors (Lipinski definition) is 1. The highest BCUT2D eigenvalue weighted by atomic mass is 79.9. The fourth-order valence-corrected chi connectivity index (χ4v) is 3.23. The number of halogens is 1. The summed E-state index contributed by atoms with van der Waals surface area (Å²) in [6.07, 6.45) is 1.18. The van der Waals surface area contributed by atoms with E-state index in [0.29, 0.717) is 6.04 Å². The molecule has 0 radical (unpaired) electrons. The van der Waals surface area contributed by atoms with Crippen LogP contribution < -0.4 is 5.32 Å². The molecule has 0 fully saturated rings. The highest BCUT2D eigenvalue weighted by molar-refractivity contribution is 9.10. The molecule has 1 unspecified atom stereocenters. The Morgan fingerprint density at radius 1 is 1.44 bits per heavy atom. The van der Waals surface area contributed by atoms with Gasteiger partial charge in [-0.2, -0.15) is 0 Å². The van der Waals surface area contributed by atoms with Crippen molar-refractivity contribution in [2.45, 2.75) is 52.2 Å². The zero-order chi connectivity index (χ0) is 13.8. The average molecular weight is 333 g/mol. The summed E-state index contributed by atoms with van der Waals surface area (Å²) in [7, 11) is 2.20. The molecule has 1 rings (SSSR count). The smallest absolute Gasteiger partial charge is 0.0328 e. The van der Waals surface area contributed by atoms with Crippen molar-refractivity contribution in [3.63, 3.8) is 0 Å². The van der Waals surface area contributed by atoms with Crippen molar-refractivity contribution in [3.05, 3.63) is 20.8 Å². The Labute approximate surface area is 124 Å². The topological polar surface area (TPSA) is 15.3 Å². The number of nitrogens with zero attached hydrogens (tertiary/aromatic N) is 1. The minimum Gasteiger partial charge on any atom is -0.312 e. The van der Waals surface area contributed by atoms with Crippen molar-refractivity contribution in [1.82, 2.24) is 10.2 Å². The van der Waals surface area contributed by atoms with Gasteiger partial charge in [-0.15, -0.1) is 11.3 Å². The molecule has 0 amide bonds. The second kappa shape index (κ2) is 7.04. The third-order valence-electron chi connectivity index (χ3n) is 3.00. The van der Waals surface area contributed by atoms with Crippen LogP contribution >= 0.6 is 27.3 Å². The summed E-state index contributed by atoms with van der Waals surface area (Å²) in [6.45, 7) is 11.0. The molecule has 1 aromatic heterocycles. The molecule has 2 nitrogen and oxygen atoms in total. The second-order valence-corrected chi connectivity index (χ2v) is 7.87. The molecule has 4 heteroatoms.